The molecule has 0 amide bonds. The van der Waals surface area contributed by atoms with Crippen molar-refractivity contribution in [1.82, 2.24) is 15.4 Å². The SMILES string of the molecule is C=C(C)CC(NN)c1ccc2nccnc2c1. The van der Waals surface area contributed by atoms with E-state index in [1.807, 2.05) is 25.1 Å². The summed E-state index contributed by atoms with van der Waals surface area (Å²) >= 11 is 0. The summed E-state index contributed by atoms with van der Waals surface area (Å²) in [6.45, 7) is 5.90. The van der Waals surface area contributed by atoms with Gasteiger partial charge in [0.05, 0.1) is 11.0 Å². The summed E-state index contributed by atoms with van der Waals surface area (Å²) in [5, 5.41) is 0. The summed E-state index contributed by atoms with van der Waals surface area (Å²) in [7, 11) is 0. The summed E-state index contributed by atoms with van der Waals surface area (Å²) in [4.78, 5) is 8.52. The second-order valence-corrected chi connectivity index (χ2v) is 4.18. The van der Waals surface area contributed by atoms with Gasteiger partial charge in [0.25, 0.3) is 0 Å². The van der Waals surface area contributed by atoms with Crippen molar-refractivity contribution in [3.05, 3.63) is 48.3 Å². The maximum atomic E-state index is 5.57. The van der Waals surface area contributed by atoms with Gasteiger partial charge in [-0.05, 0) is 31.0 Å². The molecular formula is C13H16N4. The number of fused-ring (bicyclic) bond motifs is 1. The minimum Gasteiger partial charge on any atom is -0.271 e. The van der Waals surface area contributed by atoms with E-state index in [0.29, 0.717) is 0 Å². The maximum Gasteiger partial charge on any atom is 0.0890 e. The molecule has 1 aromatic carbocycles. The molecule has 0 aliphatic heterocycles. The van der Waals surface area contributed by atoms with Crippen molar-refractivity contribution in [2.75, 3.05) is 0 Å². The van der Waals surface area contributed by atoms with Gasteiger partial charge in [-0.1, -0.05) is 11.6 Å². The standard InChI is InChI=1S/C13H16N4/c1-9(2)7-12(17-14)10-3-4-11-13(8-10)16-6-5-15-11/h3-6,8,12,17H,1,7,14H2,2H3. The van der Waals surface area contributed by atoms with Crippen molar-refractivity contribution >= 4 is 11.0 Å². The normalized spacial score (nSPS) is 12.6. The van der Waals surface area contributed by atoms with E-state index in [-0.39, 0.29) is 6.04 Å². The van der Waals surface area contributed by atoms with Crippen LogP contribution in [-0.4, -0.2) is 9.97 Å². The number of nitrogens with zero attached hydrogens (tertiary/aromatic N) is 2. The predicted octanol–water partition coefficient (Wildman–Crippen LogP) is 2.10. The number of hydrazine groups is 1. The van der Waals surface area contributed by atoms with Gasteiger partial charge in [-0.25, -0.2) is 0 Å². The van der Waals surface area contributed by atoms with Crippen LogP contribution in [0.1, 0.15) is 24.9 Å². The highest BCUT2D eigenvalue weighted by Gasteiger charge is 2.10. The molecule has 0 aliphatic carbocycles. The Morgan fingerprint density at radius 2 is 2.06 bits per heavy atom. The van der Waals surface area contributed by atoms with Gasteiger partial charge in [-0.2, -0.15) is 0 Å². The molecule has 3 N–H and O–H groups in total. The molecule has 0 bridgehead atoms. The highest BCUT2D eigenvalue weighted by molar-refractivity contribution is 5.74. The molecule has 0 aliphatic rings. The molecule has 4 heteroatoms. The van der Waals surface area contributed by atoms with E-state index in [1.165, 1.54) is 0 Å². The first-order valence-corrected chi connectivity index (χ1v) is 5.52. The first-order chi connectivity index (χ1) is 8.20. The Morgan fingerprint density at radius 3 is 2.71 bits per heavy atom. The molecule has 17 heavy (non-hydrogen) atoms. The Bertz CT molecular complexity index is 536. The van der Waals surface area contributed by atoms with Gasteiger partial charge in [-0.3, -0.25) is 21.2 Å². The van der Waals surface area contributed by atoms with Crippen LogP contribution in [0.5, 0.6) is 0 Å². The van der Waals surface area contributed by atoms with E-state index in [1.54, 1.807) is 12.4 Å². The molecule has 88 valence electrons. The second kappa shape index (κ2) is 5.03. The number of hydrogen-bond acceptors (Lipinski definition) is 4. The van der Waals surface area contributed by atoms with E-state index in [0.717, 1.165) is 28.6 Å². The second-order valence-electron chi connectivity index (χ2n) is 4.18. The molecule has 0 saturated carbocycles. The quantitative estimate of drug-likeness (QED) is 0.478. The maximum absolute atomic E-state index is 5.57. The monoisotopic (exact) mass is 228 g/mol. The highest BCUT2D eigenvalue weighted by atomic mass is 15.2. The van der Waals surface area contributed by atoms with Crippen LogP contribution in [0.3, 0.4) is 0 Å². The lowest BCUT2D eigenvalue weighted by atomic mass is 10.0. The summed E-state index contributed by atoms with van der Waals surface area (Å²) < 4.78 is 0. The highest BCUT2D eigenvalue weighted by Crippen LogP contribution is 2.22. The Kier molecular flexibility index (Phi) is 3.46. The van der Waals surface area contributed by atoms with Gasteiger partial charge >= 0.3 is 0 Å². The van der Waals surface area contributed by atoms with Crippen LogP contribution >= 0.6 is 0 Å². The molecule has 2 rings (SSSR count). The fourth-order valence-corrected chi connectivity index (χ4v) is 1.82. The third kappa shape index (κ3) is 2.67. The van der Waals surface area contributed by atoms with E-state index in [4.69, 9.17) is 5.84 Å². The molecule has 1 aromatic heterocycles. The lowest BCUT2D eigenvalue weighted by Crippen LogP contribution is -2.28. The Hall–Kier alpha value is -1.78. The number of aromatic nitrogens is 2. The van der Waals surface area contributed by atoms with E-state index < -0.39 is 0 Å². The van der Waals surface area contributed by atoms with Crippen LogP contribution in [0.25, 0.3) is 11.0 Å². The number of hydrogen-bond donors (Lipinski definition) is 2. The van der Waals surface area contributed by atoms with Crippen molar-refractivity contribution in [3.8, 4) is 0 Å². The topological polar surface area (TPSA) is 63.8 Å². The first-order valence-electron chi connectivity index (χ1n) is 5.52. The first kappa shape index (κ1) is 11.7. The fraction of sp³-hybridized carbons (Fsp3) is 0.231. The van der Waals surface area contributed by atoms with Crippen LogP contribution in [-0.2, 0) is 0 Å². The van der Waals surface area contributed by atoms with Crippen LogP contribution < -0.4 is 11.3 Å². The van der Waals surface area contributed by atoms with E-state index >= 15 is 0 Å². The van der Waals surface area contributed by atoms with Crippen molar-refractivity contribution in [2.24, 2.45) is 5.84 Å². The number of benzene rings is 1. The van der Waals surface area contributed by atoms with E-state index in [9.17, 15) is 0 Å². The molecule has 0 fully saturated rings. The zero-order valence-electron chi connectivity index (χ0n) is 9.85. The third-order valence-corrected chi connectivity index (χ3v) is 2.65. The summed E-state index contributed by atoms with van der Waals surface area (Å²) in [5.41, 5.74) is 6.77. The molecule has 0 radical (unpaired) electrons. The van der Waals surface area contributed by atoms with Crippen molar-refractivity contribution < 1.29 is 0 Å². The Balaban J connectivity index is 2.37. The van der Waals surface area contributed by atoms with Crippen molar-refractivity contribution in [1.29, 1.82) is 0 Å². The predicted molar refractivity (Wildman–Crippen MR) is 69.0 cm³/mol. The Morgan fingerprint density at radius 1 is 1.35 bits per heavy atom. The molecular weight excluding hydrogens is 212 g/mol. The summed E-state index contributed by atoms with van der Waals surface area (Å²) in [6.07, 6.45) is 4.19. The van der Waals surface area contributed by atoms with E-state index in [2.05, 4.69) is 22.0 Å². The van der Waals surface area contributed by atoms with Crippen molar-refractivity contribution in [3.63, 3.8) is 0 Å². The Labute approximate surface area is 101 Å². The van der Waals surface area contributed by atoms with Gasteiger partial charge in [0.1, 0.15) is 0 Å². The van der Waals surface area contributed by atoms with Gasteiger partial charge in [-0.15, -0.1) is 6.58 Å². The molecule has 2 aromatic rings. The average Bonchev–Trinajstić information content (AvgIpc) is 2.35. The fourth-order valence-electron chi connectivity index (χ4n) is 1.82. The van der Waals surface area contributed by atoms with Gasteiger partial charge in [0, 0.05) is 18.4 Å². The molecule has 1 unspecified atom stereocenters. The summed E-state index contributed by atoms with van der Waals surface area (Å²) in [5.74, 6) is 5.57. The zero-order valence-corrected chi connectivity index (χ0v) is 9.85. The molecule has 1 atom stereocenters. The molecule has 4 nitrogen and oxygen atoms in total. The van der Waals surface area contributed by atoms with Gasteiger partial charge in [0.2, 0.25) is 0 Å². The average molecular weight is 228 g/mol. The lowest BCUT2D eigenvalue weighted by molar-refractivity contribution is 0.551. The largest absolute Gasteiger partial charge is 0.271 e. The van der Waals surface area contributed by atoms with Crippen LogP contribution in [0.15, 0.2) is 42.7 Å². The number of nitrogens with two attached hydrogens (primary N) is 1. The van der Waals surface area contributed by atoms with Crippen molar-refractivity contribution in [2.45, 2.75) is 19.4 Å². The van der Waals surface area contributed by atoms with Crippen LogP contribution in [0.2, 0.25) is 0 Å². The van der Waals surface area contributed by atoms with Crippen LogP contribution in [0.4, 0.5) is 0 Å². The molecule has 0 spiro atoms. The molecule has 1 heterocycles. The lowest BCUT2D eigenvalue weighted by Gasteiger charge is -2.16. The zero-order chi connectivity index (χ0) is 12.3. The molecule has 0 saturated heterocycles. The smallest absolute Gasteiger partial charge is 0.0890 e. The minimum absolute atomic E-state index is 0.0684. The number of nitrogens with one attached hydrogen (secondary N) is 1. The third-order valence-electron chi connectivity index (χ3n) is 2.65. The summed E-state index contributed by atoms with van der Waals surface area (Å²) in [6, 6.07) is 6.06. The van der Waals surface area contributed by atoms with Gasteiger partial charge in [0.15, 0.2) is 0 Å². The van der Waals surface area contributed by atoms with Crippen LogP contribution in [0, 0.1) is 0 Å². The minimum atomic E-state index is 0.0684. The number of rotatable bonds is 4. The van der Waals surface area contributed by atoms with Gasteiger partial charge < -0.3 is 0 Å².